The molecule has 10 heteroatoms. The van der Waals surface area contributed by atoms with Crippen LogP contribution in [0.5, 0.6) is 11.5 Å². The van der Waals surface area contributed by atoms with Gasteiger partial charge in [0.2, 0.25) is 16.8 Å². The van der Waals surface area contributed by atoms with E-state index in [1.54, 1.807) is 13.1 Å². The van der Waals surface area contributed by atoms with E-state index in [4.69, 9.17) is 9.47 Å². The van der Waals surface area contributed by atoms with Crippen LogP contribution in [0.15, 0.2) is 52.6 Å². The Morgan fingerprint density at radius 3 is 2.75 bits per heavy atom. The van der Waals surface area contributed by atoms with E-state index in [2.05, 4.69) is 25.3 Å². The third kappa shape index (κ3) is 5.33. The van der Waals surface area contributed by atoms with E-state index in [0.29, 0.717) is 19.0 Å². The van der Waals surface area contributed by atoms with Crippen LogP contribution < -0.4 is 24.8 Å². The molecular formula is C18H23N5O4S. The van der Waals surface area contributed by atoms with Gasteiger partial charge >= 0.3 is 0 Å². The summed E-state index contributed by atoms with van der Waals surface area (Å²) < 4.78 is 37.4. The number of aliphatic imine (C=N–C) groups is 1. The van der Waals surface area contributed by atoms with E-state index in [-0.39, 0.29) is 18.2 Å². The van der Waals surface area contributed by atoms with Crippen molar-refractivity contribution in [2.45, 2.75) is 11.3 Å². The summed E-state index contributed by atoms with van der Waals surface area (Å²) in [4.78, 5) is 8.09. The van der Waals surface area contributed by atoms with E-state index in [0.717, 1.165) is 23.5 Å². The van der Waals surface area contributed by atoms with Crippen molar-refractivity contribution in [3.05, 3.63) is 48.3 Å². The minimum atomic E-state index is -3.56. The van der Waals surface area contributed by atoms with Gasteiger partial charge in [0.1, 0.15) is 4.90 Å². The molecule has 1 aliphatic rings. The Kier molecular flexibility index (Phi) is 6.66. The number of hydrogen-bond acceptors (Lipinski definition) is 6. The van der Waals surface area contributed by atoms with E-state index in [9.17, 15) is 8.42 Å². The van der Waals surface area contributed by atoms with Crippen molar-refractivity contribution in [1.29, 1.82) is 0 Å². The highest BCUT2D eigenvalue weighted by molar-refractivity contribution is 7.89. The highest BCUT2D eigenvalue weighted by Crippen LogP contribution is 2.32. The summed E-state index contributed by atoms with van der Waals surface area (Å²) in [5.74, 6) is 2.13. The molecule has 0 radical (unpaired) electrons. The Morgan fingerprint density at radius 1 is 1.14 bits per heavy atom. The summed E-state index contributed by atoms with van der Waals surface area (Å²) in [7, 11) is -1.90. The molecule has 0 saturated heterocycles. The summed E-state index contributed by atoms with van der Waals surface area (Å²) in [6, 6.07) is 8.95. The smallest absolute Gasteiger partial charge is 0.242 e. The number of nitrogens with one attached hydrogen (secondary N) is 3. The van der Waals surface area contributed by atoms with Crippen molar-refractivity contribution in [1.82, 2.24) is 20.3 Å². The van der Waals surface area contributed by atoms with Gasteiger partial charge in [0.05, 0.1) is 0 Å². The first-order valence-corrected chi connectivity index (χ1v) is 10.3. The van der Waals surface area contributed by atoms with Gasteiger partial charge in [0.15, 0.2) is 17.5 Å². The molecule has 0 aliphatic carbocycles. The number of hydrogen-bond donors (Lipinski definition) is 3. The van der Waals surface area contributed by atoms with Crippen molar-refractivity contribution in [2.24, 2.45) is 4.99 Å². The lowest BCUT2D eigenvalue weighted by Crippen LogP contribution is -2.42. The van der Waals surface area contributed by atoms with E-state index < -0.39 is 10.0 Å². The predicted octanol–water partition coefficient (Wildman–Crippen LogP) is 0.496. The molecule has 0 unspecified atom stereocenters. The molecule has 150 valence electrons. The number of sulfonamides is 1. The summed E-state index contributed by atoms with van der Waals surface area (Å²) in [5.41, 5.74) is 1.12. The van der Waals surface area contributed by atoms with Crippen LogP contribution in [0, 0.1) is 0 Å². The first kappa shape index (κ1) is 19.9. The summed E-state index contributed by atoms with van der Waals surface area (Å²) >= 11 is 0. The highest BCUT2D eigenvalue weighted by atomic mass is 32.2. The van der Waals surface area contributed by atoms with E-state index in [1.807, 2.05) is 18.2 Å². The van der Waals surface area contributed by atoms with Gasteiger partial charge in [-0.05, 0) is 36.2 Å². The second-order valence-corrected chi connectivity index (χ2v) is 7.72. The van der Waals surface area contributed by atoms with Crippen LogP contribution in [0.1, 0.15) is 5.56 Å². The molecule has 0 fully saturated rings. The highest BCUT2D eigenvalue weighted by Gasteiger charge is 2.14. The van der Waals surface area contributed by atoms with Gasteiger partial charge in [-0.15, -0.1) is 0 Å². The molecule has 9 nitrogen and oxygen atoms in total. The van der Waals surface area contributed by atoms with Crippen molar-refractivity contribution in [3.63, 3.8) is 0 Å². The van der Waals surface area contributed by atoms with Gasteiger partial charge < -0.3 is 20.1 Å². The van der Waals surface area contributed by atoms with Gasteiger partial charge in [-0.2, -0.15) is 0 Å². The molecule has 0 bridgehead atoms. The van der Waals surface area contributed by atoms with Crippen LogP contribution in [0.3, 0.4) is 0 Å². The largest absolute Gasteiger partial charge is 0.454 e. The summed E-state index contributed by atoms with van der Waals surface area (Å²) in [5, 5.41) is 6.27. The number of pyridine rings is 1. The monoisotopic (exact) mass is 405 g/mol. The second kappa shape index (κ2) is 9.38. The Balaban J connectivity index is 1.38. The number of fused-ring (bicyclic) bond motifs is 1. The van der Waals surface area contributed by atoms with Gasteiger partial charge in [-0.1, -0.05) is 6.07 Å². The molecule has 0 atom stereocenters. The topological polar surface area (TPSA) is 114 Å². The summed E-state index contributed by atoms with van der Waals surface area (Å²) in [6.07, 6.45) is 3.62. The van der Waals surface area contributed by atoms with Crippen molar-refractivity contribution < 1.29 is 17.9 Å². The first-order valence-electron chi connectivity index (χ1n) is 8.81. The standard InChI is InChI=1S/C18H23N5O4S/c1-19-18(21-8-6-14-4-5-16-17(11-14)27-13-26-16)22-9-10-23-28(24,25)15-3-2-7-20-12-15/h2-5,7,11-12,23H,6,8-10,13H2,1H3,(H2,19,21,22). The Hall–Kier alpha value is -2.85. The van der Waals surface area contributed by atoms with Crippen molar-refractivity contribution >= 4 is 16.0 Å². The van der Waals surface area contributed by atoms with Gasteiger partial charge in [0, 0.05) is 39.1 Å². The quantitative estimate of drug-likeness (QED) is 0.333. The molecule has 0 saturated carbocycles. The molecular weight excluding hydrogens is 382 g/mol. The molecule has 0 spiro atoms. The van der Waals surface area contributed by atoms with Gasteiger partial charge in [-0.3, -0.25) is 9.98 Å². The van der Waals surface area contributed by atoms with Crippen LogP contribution in [0.2, 0.25) is 0 Å². The van der Waals surface area contributed by atoms with Crippen molar-refractivity contribution in [3.8, 4) is 11.5 Å². The predicted molar refractivity (Wildman–Crippen MR) is 105 cm³/mol. The van der Waals surface area contributed by atoms with Crippen molar-refractivity contribution in [2.75, 3.05) is 33.5 Å². The molecule has 2 aromatic rings. The third-order valence-electron chi connectivity index (χ3n) is 4.02. The molecule has 0 amide bonds. The zero-order chi connectivity index (χ0) is 19.8. The van der Waals surface area contributed by atoms with Crippen LogP contribution >= 0.6 is 0 Å². The minimum absolute atomic E-state index is 0.140. The average molecular weight is 405 g/mol. The normalized spacial score (nSPS) is 13.4. The lowest BCUT2D eigenvalue weighted by Gasteiger charge is -2.12. The maximum absolute atomic E-state index is 12.1. The van der Waals surface area contributed by atoms with Crippen LogP contribution in [-0.2, 0) is 16.4 Å². The SMILES string of the molecule is CN=C(NCCNS(=O)(=O)c1cccnc1)NCCc1ccc2c(c1)OCO2. The van der Waals surface area contributed by atoms with Gasteiger partial charge in [0.25, 0.3) is 0 Å². The fourth-order valence-corrected chi connectivity index (χ4v) is 3.59. The summed E-state index contributed by atoms with van der Waals surface area (Å²) in [6.45, 7) is 1.54. The molecule has 1 aromatic heterocycles. The molecule has 28 heavy (non-hydrogen) atoms. The number of ether oxygens (including phenoxy) is 2. The maximum Gasteiger partial charge on any atom is 0.242 e. The number of aromatic nitrogens is 1. The Labute approximate surface area is 164 Å². The zero-order valence-electron chi connectivity index (χ0n) is 15.5. The lowest BCUT2D eigenvalue weighted by atomic mass is 10.1. The second-order valence-electron chi connectivity index (χ2n) is 5.95. The lowest BCUT2D eigenvalue weighted by molar-refractivity contribution is 0.174. The minimum Gasteiger partial charge on any atom is -0.454 e. The zero-order valence-corrected chi connectivity index (χ0v) is 16.3. The van der Waals surface area contributed by atoms with Crippen LogP contribution in [0.4, 0.5) is 0 Å². The number of nitrogens with zero attached hydrogens (tertiary/aromatic N) is 2. The number of rotatable bonds is 8. The van der Waals surface area contributed by atoms with E-state index in [1.165, 1.54) is 18.5 Å². The van der Waals surface area contributed by atoms with Crippen LogP contribution in [-0.4, -0.2) is 52.8 Å². The average Bonchev–Trinajstić information content (AvgIpc) is 3.18. The van der Waals surface area contributed by atoms with Crippen LogP contribution in [0.25, 0.3) is 0 Å². The Morgan fingerprint density at radius 2 is 1.96 bits per heavy atom. The fraction of sp³-hybridized carbons (Fsp3) is 0.333. The molecule has 1 aliphatic heterocycles. The Bertz CT molecular complexity index is 919. The number of guanidine groups is 1. The fourth-order valence-electron chi connectivity index (χ4n) is 2.60. The maximum atomic E-state index is 12.1. The van der Waals surface area contributed by atoms with Gasteiger partial charge in [-0.25, -0.2) is 13.1 Å². The molecule has 3 N–H and O–H groups in total. The first-order chi connectivity index (χ1) is 13.6. The molecule has 1 aromatic carbocycles. The third-order valence-corrected chi connectivity index (χ3v) is 5.47. The number of benzene rings is 1. The molecule has 3 rings (SSSR count). The molecule has 2 heterocycles. The van der Waals surface area contributed by atoms with E-state index >= 15 is 0 Å².